The summed E-state index contributed by atoms with van der Waals surface area (Å²) in [5, 5.41) is 9.64. The molecule has 0 unspecified atom stereocenters. The lowest BCUT2D eigenvalue weighted by Crippen LogP contribution is -2.43. The standard InChI is InChI=1S/C7H10NO3S2/c1-2-7(12)13-8(11)5(9)3-4-6(8)10/h11H,2-4H2,1H3/q+1. The zero-order chi connectivity index (χ0) is 10.1. The number of quaternary nitrogens is 1. The summed E-state index contributed by atoms with van der Waals surface area (Å²) in [5.41, 5.74) is 0. The highest BCUT2D eigenvalue weighted by Crippen LogP contribution is 2.31. The van der Waals surface area contributed by atoms with Crippen LogP contribution in [0.4, 0.5) is 0 Å². The van der Waals surface area contributed by atoms with E-state index in [-0.39, 0.29) is 12.8 Å². The third kappa shape index (κ3) is 1.96. The van der Waals surface area contributed by atoms with Crippen molar-refractivity contribution in [2.45, 2.75) is 26.2 Å². The maximum atomic E-state index is 11.2. The summed E-state index contributed by atoms with van der Waals surface area (Å²) in [6, 6.07) is 0. The second kappa shape index (κ2) is 3.83. The van der Waals surface area contributed by atoms with Gasteiger partial charge in [-0.25, -0.2) is 9.59 Å². The van der Waals surface area contributed by atoms with E-state index in [0.29, 0.717) is 10.6 Å². The Kier molecular flexibility index (Phi) is 3.18. The van der Waals surface area contributed by atoms with E-state index in [2.05, 4.69) is 0 Å². The van der Waals surface area contributed by atoms with Crippen LogP contribution in [0.15, 0.2) is 0 Å². The van der Waals surface area contributed by atoms with Crippen molar-refractivity contribution in [1.82, 2.24) is 0 Å². The van der Waals surface area contributed by atoms with Gasteiger partial charge in [-0.15, -0.1) is 0 Å². The van der Waals surface area contributed by atoms with Gasteiger partial charge in [-0.2, -0.15) is 5.21 Å². The van der Waals surface area contributed by atoms with Crippen molar-refractivity contribution in [2.24, 2.45) is 0 Å². The van der Waals surface area contributed by atoms with Gasteiger partial charge in [-0.1, -0.05) is 19.1 Å². The summed E-state index contributed by atoms with van der Waals surface area (Å²) in [7, 11) is 0. The van der Waals surface area contributed by atoms with Gasteiger partial charge in [0.2, 0.25) is 0 Å². The maximum absolute atomic E-state index is 11.2. The maximum Gasteiger partial charge on any atom is 0.366 e. The molecule has 0 aliphatic carbocycles. The monoisotopic (exact) mass is 220 g/mol. The molecule has 1 heterocycles. The van der Waals surface area contributed by atoms with Crippen LogP contribution in [0.1, 0.15) is 26.2 Å². The van der Waals surface area contributed by atoms with Crippen LogP contribution in [0, 0.1) is 0 Å². The normalized spacial score (nSPS) is 20.8. The molecular weight excluding hydrogens is 210 g/mol. The van der Waals surface area contributed by atoms with E-state index in [0.717, 1.165) is 11.9 Å². The van der Waals surface area contributed by atoms with Gasteiger partial charge >= 0.3 is 11.8 Å². The summed E-state index contributed by atoms with van der Waals surface area (Å²) in [5.74, 6) is -0.961. The predicted molar refractivity (Wildman–Crippen MR) is 51.8 cm³/mol. The average Bonchev–Trinajstić information content (AvgIpc) is 2.33. The van der Waals surface area contributed by atoms with E-state index in [1.807, 2.05) is 6.92 Å². The van der Waals surface area contributed by atoms with Crippen LogP contribution in [0.25, 0.3) is 0 Å². The van der Waals surface area contributed by atoms with Crippen LogP contribution in [-0.4, -0.2) is 25.3 Å². The van der Waals surface area contributed by atoms with Gasteiger partial charge in [-0.3, -0.25) is 0 Å². The number of hydrogen-bond donors (Lipinski definition) is 1. The van der Waals surface area contributed by atoms with Crippen molar-refractivity contribution in [3.05, 3.63) is 0 Å². The SMILES string of the molecule is CCC(=S)S[N+]1(O)C(=O)CCC1=O. The molecule has 1 aliphatic heterocycles. The van der Waals surface area contributed by atoms with Crippen LogP contribution in [0.2, 0.25) is 0 Å². The second-order valence-corrected chi connectivity index (χ2v) is 4.64. The number of carbonyl (C=O) groups excluding carboxylic acids is 2. The zero-order valence-electron chi connectivity index (χ0n) is 7.15. The Morgan fingerprint density at radius 1 is 1.54 bits per heavy atom. The summed E-state index contributed by atoms with van der Waals surface area (Å²) < 4.78 is -0.724. The fourth-order valence-corrected chi connectivity index (χ4v) is 2.10. The molecule has 1 saturated heterocycles. The number of amides is 2. The molecule has 1 N–H and O–H groups in total. The smallest absolute Gasteiger partial charge is 0.226 e. The largest absolute Gasteiger partial charge is 0.366 e. The molecular formula is C7H10NO3S2+. The molecule has 1 rings (SSSR count). The summed E-state index contributed by atoms with van der Waals surface area (Å²) >= 11 is 5.60. The van der Waals surface area contributed by atoms with Gasteiger partial charge in [-0.05, 0) is 6.42 Å². The minimum Gasteiger partial charge on any atom is -0.226 e. The molecule has 0 aromatic carbocycles. The third-order valence-electron chi connectivity index (χ3n) is 1.75. The van der Waals surface area contributed by atoms with E-state index in [1.54, 1.807) is 0 Å². The van der Waals surface area contributed by atoms with Crippen molar-refractivity contribution < 1.29 is 18.8 Å². The highest BCUT2D eigenvalue weighted by Gasteiger charge is 2.52. The quantitative estimate of drug-likeness (QED) is 0.251. The predicted octanol–water partition coefficient (Wildman–Crippen LogP) is 1.42. The van der Waals surface area contributed by atoms with Gasteiger partial charge in [0, 0.05) is 4.05 Å². The molecule has 4 nitrogen and oxygen atoms in total. The number of hydroxylamine groups is 2. The number of imide groups is 1. The highest BCUT2D eigenvalue weighted by atomic mass is 32.2. The van der Waals surface area contributed by atoms with Crippen LogP contribution >= 0.6 is 24.2 Å². The lowest BCUT2D eigenvalue weighted by atomic mass is 10.4. The molecule has 0 radical (unpaired) electrons. The van der Waals surface area contributed by atoms with E-state index < -0.39 is 15.9 Å². The molecule has 1 fully saturated rings. The number of hydrogen-bond acceptors (Lipinski definition) is 5. The fraction of sp³-hybridized carbons (Fsp3) is 0.571. The van der Waals surface area contributed by atoms with Gasteiger partial charge in [0.15, 0.2) is 11.9 Å². The lowest BCUT2D eigenvalue weighted by Gasteiger charge is -2.15. The third-order valence-corrected chi connectivity index (χ3v) is 3.43. The number of carbonyl (C=O) groups is 2. The molecule has 0 saturated carbocycles. The van der Waals surface area contributed by atoms with Crippen LogP contribution < -0.4 is 0 Å². The molecule has 0 bridgehead atoms. The molecule has 6 heteroatoms. The lowest BCUT2D eigenvalue weighted by molar-refractivity contribution is -0.853. The van der Waals surface area contributed by atoms with Gasteiger partial charge in [0.1, 0.15) is 4.20 Å². The van der Waals surface area contributed by atoms with Crippen molar-refractivity contribution in [2.75, 3.05) is 0 Å². The van der Waals surface area contributed by atoms with Gasteiger partial charge in [0.25, 0.3) is 0 Å². The molecule has 0 atom stereocenters. The van der Waals surface area contributed by atoms with Crippen LogP contribution in [-0.2, 0) is 9.59 Å². The Morgan fingerprint density at radius 2 is 2.00 bits per heavy atom. The average molecular weight is 220 g/mol. The molecule has 13 heavy (non-hydrogen) atoms. The first-order valence-electron chi connectivity index (χ1n) is 3.91. The Bertz CT molecular complexity index is 261. The van der Waals surface area contributed by atoms with Crippen molar-refractivity contribution in [1.29, 1.82) is 0 Å². The van der Waals surface area contributed by atoms with Gasteiger partial charge < -0.3 is 0 Å². The summed E-state index contributed by atoms with van der Waals surface area (Å²) in [4.78, 5) is 22.4. The van der Waals surface area contributed by atoms with Gasteiger partial charge in [0.05, 0.1) is 12.8 Å². The Hall–Kier alpha value is -0.300. The second-order valence-electron chi connectivity index (χ2n) is 2.68. The Morgan fingerprint density at radius 3 is 2.38 bits per heavy atom. The molecule has 72 valence electrons. The summed E-state index contributed by atoms with van der Waals surface area (Å²) in [6.07, 6.45) is 0.768. The Labute approximate surface area is 85.6 Å². The van der Waals surface area contributed by atoms with E-state index in [1.165, 1.54) is 0 Å². The molecule has 0 aromatic heterocycles. The minimum absolute atomic E-state index is 0.106. The first-order chi connectivity index (χ1) is 6.00. The minimum atomic E-state index is -1.19. The number of thiocarbonyl (C=S) groups is 1. The zero-order valence-corrected chi connectivity index (χ0v) is 8.78. The summed E-state index contributed by atoms with van der Waals surface area (Å²) in [6.45, 7) is 1.81. The van der Waals surface area contributed by atoms with Crippen molar-refractivity contribution in [3.8, 4) is 0 Å². The van der Waals surface area contributed by atoms with E-state index >= 15 is 0 Å². The highest BCUT2D eigenvalue weighted by molar-refractivity contribution is 8.19. The first-order valence-corrected chi connectivity index (χ1v) is 5.10. The Balaban J connectivity index is 2.79. The van der Waals surface area contributed by atoms with Crippen LogP contribution in [0.3, 0.4) is 0 Å². The molecule has 0 spiro atoms. The first kappa shape index (κ1) is 10.8. The van der Waals surface area contributed by atoms with E-state index in [4.69, 9.17) is 12.2 Å². The molecule has 1 aliphatic rings. The number of nitrogens with zero attached hydrogens (tertiary/aromatic N) is 1. The fourth-order valence-electron chi connectivity index (χ4n) is 0.970. The van der Waals surface area contributed by atoms with Crippen molar-refractivity contribution >= 4 is 40.2 Å². The molecule has 0 aromatic rings. The number of rotatable bonds is 2. The molecule has 2 amide bonds. The van der Waals surface area contributed by atoms with Crippen LogP contribution in [0.5, 0.6) is 0 Å². The van der Waals surface area contributed by atoms with E-state index in [9.17, 15) is 14.8 Å². The van der Waals surface area contributed by atoms with Crippen molar-refractivity contribution in [3.63, 3.8) is 0 Å². The topological polar surface area (TPSA) is 54.4 Å².